The Kier molecular flexibility index (Phi) is 5.77. The molecule has 0 saturated carbocycles. The molecule has 1 N–H and O–H groups in total. The van der Waals surface area contributed by atoms with Crippen molar-refractivity contribution in [1.29, 1.82) is 0 Å². The Hall–Kier alpha value is -3.01. The zero-order valence-corrected chi connectivity index (χ0v) is 18.9. The smallest absolute Gasteiger partial charge is 0.276 e. The van der Waals surface area contributed by atoms with Gasteiger partial charge in [0.05, 0.1) is 17.0 Å². The van der Waals surface area contributed by atoms with Gasteiger partial charge in [0.2, 0.25) is 12.7 Å². The maximum absolute atomic E-state index is 13.1. The van der Waals surface area contributed by atoms with Crippen molar-refractivity contribution in [1.82, 2.24) is 14.9 Å². The van der Waals surface area contributed by atoms with E-state index in [-0.39, 0.29) is 24.0 Å². The summed E-state index contributed by atoms with van der Waals surface area (Å²) in [5.41, 5.74) is 1.94. The van der Waals surface area contributed by atoms with Gasteiger partial charge >= 0.3 is 0 Å². The fourth-order valence-corrected chi connectivity index (χ4v) is 5.05. The molecule has 0 unspecified atom stereocenters. The molecule has 4 aromatic rings. The van der Waals surface area contributed by atoms with Crippen molar-refractivity contribution in [3.8, 4) is 17.2 Å². The zero-order chi connectivity index (χ0) is 22.1. The molecule has 2 aromatic heterocycles. The second-order valence-corrected chi connectivity index (χ2v) is 9.20. The number of halogens is 1. The van der Waals surface area contributed by atoms with Crippen LogP contribution in [0.3, 0.4) is 0 Å². The highest BCUT2D eigenvalue weighted by atomic mass is 35.5. The summed E-state index contributed by atoms with van der Waals surface area (Å²) in [5, 5.41) is 5.66. The topological polar surface area (TPSA) is 82.5 Å². The molecule has 0 bridgehead atoms. The normalized spacial score (nSPS) is 12.3. The third-order valence-corrected chi connectivity index (χ3v) is 6.84. The number of benzene rings is 2. The monoisotopic (exact) mass is 485 g/mol. The number of carbonyl (C=O) groups is 1. The van der Waals surface area contributed by atoms with Gasteiger partial charge < -0.3 is 14.8 Å². The fourth-order valence-electron chi connectivity index (χ4n) is 3.26. The highest BCUT2D eigenvalue weighted by molar-refractivity contribution is 7.99. The molecule has 5 rings (SSSR count). The molecule has 0 spiro atoms. The Bertz CT molecular complexity index is 1390. The summed E-state index contributed by atoms with van der Waals surface area (Å²) in [6.45, 7) is 0.561. The summed E-state index contributed by atoms with van der Waals surface area (Å²) in [7, 11) is 0. The van der Waals surface area contributed by atoms with E-state index in [2.05, 4.69) is 10.3 Å². The van der Waals surface area contributed by atoms with E-state index in [1.807, 2.05) is 23.6 Å². The van der Waals surface area contributed by atoms with Gasteiger partial charge in [-0.15, -0.1) is 11.3 Å². The number of amides is 1. The van der Waals surface area contributed by atoms with E-state index in [0.717, 1.165) is 5.56 Å². The lowest BCUT2D eigenvalue weighted by atomic mass is 10.2. The number of nitrogens with one attached hydrogen (secondary N) is 1. The number of nitrogens with zero attached hydrogens (tertiary/aromatic N) is 2. The van der Waals surface area contributed by atoms with Crippen molar-refractivity contribution in [2.75, 3.05) is 12.5 Å². The summed E-state index contributed by atoms with van der Waals surface area (Å²) < 4.78 is 12.7. The van der Waals surface area contributed by atoms with Crippen LogP contribution in [0.5, 0.6) is 11.5 Å². The lowest BCUT2D eigenvalue weighted by Crippen LogP contribution is -2.26. The van der Waals surface area contributed by atoms with Crippen molar-refractivity contribution in [3.63, 3.8) is 0 Å². The van der Waals surface area contributed by atoms with Gasteiger partial charge in [-0.05, 0) is 47.3 Å². The van der Waals surface area contributed by atoms with Crippen LogP contribution in [0.15, 0.2) is 63.9 Å². The molecule has 3 heterocycles. The average Bonchev–Trinajstić information content (AvgIpc) is 3.45. The minimum Gasteiger partial charge on any atom is -0.454 e. The van der Waals surface area contributed by atoms with E-state index < -0.39 is 0 Å². The van der Waals surface area contributed by atoms with Crippen LogP contribution in [0.4, 0.5) is 0 Å². The van der Waals surface area contributed by atoms with E-state index in [1.54, 1.807) is 30.3 Å². The van der Waals surface area contributed by atoms with Crippen LogP contribution in [0.25, 0.3) is 15.9 Å². The molecule has 32 heavy (non-hydrogen) atoms. The van der Waals surface area contributed by atoms with Crippen LogP contribution in [-0.2, 0) is 11.3 Å². The van der Waals surface area contributed by atoms with Gasteiger partial charge in [0.25, 0.3) is 5.56 Å². The number of carbonyl (C=O) groups excluding carboxylic acids is 1. The Labute approximate surface area is 195 Å². The average molecular weight is 486 g/mol. The van der Waals surface area contributed by atoms with E-state index in [4.69, 9.17) is 21.1 Å². The lowest BCUT2D eigenvalue weighted by molar-refractivity contribution is -0.118. The maximum atomic E-state index is 13.1. The number of thiophene rings is 1. The SMILES string of the molecule is O=C(CSc1nc2ccsc2c(=O)n1-c1cccc(Cl)c1)NCc1ccc2c(c1)OCO2. The van der Waals surface area contributed by atoms with Crippen molar-refractivity contribution >= 4 is 50.8 Å². The van der Waals surface area contributed by atoms with Crippen molar-refractivity contribution in [3.05, 3.63) is 74.9 Å². The minimum absolute atomic E-state index is 0.104. The Morgan fingerprint density at radius 2 is 2.06 bits per heavy atom. The van der Waals surface area contributed by atoms with Gasteiger partial charge in [0.1, 0.15) is 4.70 Å². The third-order valence-electron chi connectivity index (χ3n) is 4.77. The summed E-state index contributed by atoms with van der Waals surface area (Å²) in [5.74, 6) is 1.30. The molecular formula is C22H16ClN3O4S2. The highest BCUT2D eigenvalue weighted by Gasteiger charge is 2.17. The van der Waals surface area contributed by atoms with Crippen molar-refractivity contribution in [2.45, 2.75) is 11.7 Å². The quantitative estimate of drug-likeness (QED) is 0.325. The summed E-state index contributed by atoms with van der Waals surface area (Å²) in [4.78, 5) is 30.2. The molecule has 7 nitrogen and oxygen atoms in total. The summed E-state index contributed by atoms with van der Waals surface area (Å²) in [6.07, 6.45) is 0. The lowest BCUT2D eigenvalue weighted by Gasteiger charge is -2.12. The van der Waals surface area contributed by atoms with E-state index in [0.29, 0.717) is 44.1 Å². The molecule has 1 amide bonds. The standard InChI is InChI=1S/C22H16ClN3O4S2/c23-14-2-1-3-15(9-14)26-21(28)20-16(6-7-31-20)25-22(26)32-11-19(27)24-10-13-4-5-17-18(8-13)30-12-29-17/h1-9H,10-12H2,(H,24,27). The third kappa shape index (κ3) is 4.19. The summed E-state index contributed by atoms with van der Waals surface area (Å²) >= 11 is 8.68. The Balaban J connectivity index is 1.34. The first-order valence-electron chi connectivity index (χ1n) is 9.63. The largest absolute Gasteiger partial charge is 0.454 e. The molecule has 2 aromatic carbocycles. The van der Waals surface area contributed by atoms with E-state index in [9.17, 15) is 9.59 Å². The first kappa shape index (κ1) is 20.9. The van der Waals surface area contributed by atoms with Crippen molar-refractivity contribution < 1.29 is 14.3 Å². The predicted molar refractivity (Wildman–Crippen MR) is 125 cm³/mol. The van der Waals surface area contributed by atoms with Crippen LogP contribution in [0, 0.1) is 0 Å². The predicted octanol–water partition coefficient (Wildman–Crippen LogP) is 4.24. The van der Waals surface area contributed by atoms with Gasteiger partial charge in [-0.25, -0.2) is 4.98 Å². The second kappa shape index (κ2) is 8.85. The van der Waals surface area contributed by atoms with Gasteiger partial charge in [-0.3, -0.25) is 14.2 Å². The van der Waals surface area contributed by atoms with Crippen LogP contribution in [-0.4, -0.2) is 28.0 Å². The number of hydrogen-bond donors (Lipinski definition) is 1. The van der Waals surface area contributed by atoms with Gasteiger partial charge in [-0.2, -0.15) is 0 Å². The molecule has 162 valence electrons. The van der Waals surface area contributed by atoms with Gasteiger partial charge in [-0.1, -0.05) is 35.5 Å². The second-order valence-electron chi connectivity index (χ2n) is 6.90. The number of fused-ring (bicyclic) bond motifs is 2. The molecule has 0 aliphatic carbocycles. The molecule has 1 aliphatic heterocycles. The number of thioether (sulfide) groups is 1. The molecule has 1 aliphatic rings. The van der Waals surface area contributed by atoms with Crippen LogP contribution < -0.4 is 20.3 Å². The minimum atomic E-state index is -0.185. The first-order valence-corrected chi connectivity index (χ1v) is 11.9. The van der Waals surface area contributed by atoms with Crippen LogP contribution >= 0.6 is 34.7 Å². The number of rotatable bonds is 6. The number of hydrogen-bond acceptors (Lipinski definition) is 7. The van der Waals surface area contributed by atoms with Gasteiger partial charge in [0, 0.05) is 11.6 Å². The molecule has 0 radical (unpaired) electrons. The fraction of sp³-hybridized carbons (Fsp3) is 0.136. The van der Waals surface area contributed by atoms with Crippen LogP contribution in [0.1, 0.15) is 5.56 Å². The van der Waals surface area contributed by atoms with Gasteiger partial charge in [0.15, 0.2) is 16.7 Å². The zero-order valence-electron chi connectivity index (χ0n) is 16.5. The molecule has 0 saturated heterocycles. The number of ether oxygens (including phenoxy) is 2. The molecule has 10 heteroatoms. The Morgan fingerprint density at radius 1 is 1.19 bits per heavy atom. The molecular weight excluding hydrogens is 470 g/mol. The van der Waals surface area contributed by atoms with E-state index >= 15 is 0 Å². The molecule has 0 atom stereocenters. The first-order chi connectivity index (χ1) is 15.6. The van der Waals surface area contributed by atoms with Crippen molar-refractivity contribution in [2.24, 2.45) is 0 Å². The summed E-state index contributed by atoms with van der Waals surface area (Å²) in [6, 6.07) is 14.4. The van der Waals surface area contributed by atoms with E-state index in [1.165, 1.54) is 27.7 Å². The molecule has 0 fully saturated rings. The Morgan fingerprint density at radius 3 is 2.94 bits per heavy atom. The highest BCUT2D eigenvalue weighted by Crippen LogP contribution is 2.32. The van der Waals surface area contributed by atoms with Crippen LogP contribution in [0.2, 0.25) is 5.02 Å². The maximum Gasteiger partial charge on any atom is 0.276 e. The number of aromatic nitrogens is 2.